The summed E-state index contributed by atoms with van der Waals surface area (Å²) in [5.74, 6) is -1.69. The van der Waals surface area contributed by atoms with Gasteiger partial charge in [-0.2, -0.15) is 0 Å². The molecule has 0 aromatic carbocycles. The predicted octanol–water partition coefficient (Wildman–Crippen LogP) is -1.88. The van der Waals surface area contributed by atoms with Gasteiger partial charge in [0.2, 0.25) is 5.91 Å². The molecule has 1 unspecified atom stereocenters. The topological polar surface area (TPSA) is 95.9 Å². The maximum Gasteiger partial charge on any atom is 0.222 e. The SMILES string of the molecule is NC1(O)CC[C@H](O)[C@@H](CO)O1. The van der Waals surface area contributed by atoms with E-state index < -0.39 is 18.1 Å². The molecule has 0 spiro atoms. The second-order valence-electron chi connectivity index (χ2n) is 2.79. The Hall–Kier alpha value is -0.200. The summed E-state index contributed by atoms with van der Waals surface area (Å²) in [6, 6.07) is 0. The molecule has 1 heterocycles. The quantitative estimate of drug-likeness (QED) is 0.339. The first-order chi connectivity index (χ1) is 5.05. The molecule has 0 bridgehead atoms. The molecule has 0 aromatic rings. The summed E-state index contributed by atoms with van der Waals surface area (Å²) >= 11 is 0. The molecule has 1 aliphatic rings. The van der Waals surface area contributed by atoms with Crippen LogP contribution >= 0.6 is 0 Å². The zero-order chi connectivity index (χ0) is 8.48. The van der Waals surface area contributed by atoms with Gasteiger partial charge in [-0.25, -0.2) is 0 Å². The van der Waals surface area contributed by atoms with E-state index in [1.165, 1.54) is 0 Å². The number of hydrogen-bond donors (Lipinski definition) is 4. The van der Waals surface area contributed by atoms with Gasteiger partial charge in [-0.3, -0.25) is 5.73 Å². The van der Waals surface area contributed by atoms with Gasteiger partial charge in [-0.1, -0.05) is 0 Å². The van der Waals surface area contributed by atoms with Crippen molar-refractivity contribution in [1.82, 2.24) is 0 Å². The number of ether oxygens (including phenoxy) is 1. The molecule has 0 amide bonds. The second-order valence-corrected chi connectivity index (χ2v) is 2.79. The molecule has 0 aliphatic carbocycles. The molecule has 11 heavy (non-hydrogen) atoms. The zero-order valence-corrected chi connectivity index (χ0v) is 6.10. The van der Waals surface area contributed by atoms with E-state index in [0.29, 0.717) is 6.42 Å². The van der Waals surface area contributed by atoms with E-state index in [-0.39, 0.29) is 13.0 Å². The van der Waals surface area contributed by atoms with E-state index in [1.807, 2.05) is 0 Å². The van der Waals surface area contributed by atoms with Gasteiger partial charge in [0.05, 0.1) is 12.7 Å². The lowest BCUT2D eigenvalue weighted by molar-refractivity contribution is -0.279. The Morgan fingerprint density at radius 2 is 2.27 bits per heavy atom. The summed E-state index contributed by atoms with van der Waals surface area (Å²) in [5.41, 5.74) is 5.22. The molecule has 0 saturated carbocycles. The van der Waals surface area contributed by atoms with E-state index in [2.05, 4.69) is 0 Å². The molecule has 3 atom stereocenters. The van der Waals surface area contributed by atoms with Gasteiger partial charge in [0.25, 0.3) is 0 Å². The summed E-state index contributed by atoms with van der Waals surface area (Å²) in [4.78, 5) is 0. The van der Waals surface area contributed by atoms with Crippen LogP contribution in [0, 0.1) is 0 Å². The van der Waals surface area contributed by atoms with Crippen molar-refractivity contribution < 1.29 is 20.1 Å². The number of hydrogen-bond acceptors (Lipinski definition) is 5. The van der Waals surface area contributed by atoms with Crippen molar-refractivity contribution in [2.45, 2.75) is 31.0 Å². The summed E-state index contributed by atoms with van der Waals surface area (Å²) in [6.07, 6.45) is -0.967. The first-order valence-electron chi connectivity index (χ1n) is 3.53. The van der Waals surface area contributed by atoms with Crippen molar-refractivity contribution in [3.63, 3.8) is 0 Å². The van der Waals surface area contributed by atoms with Gasteiger partial charge < -0.3 is 20.1 Å². The molecule has 1 aliphatic heterocycles. The molecule has 5 N–H and O–H groups in total. The molecule has 5 nitrogen and oxygen atoms in total. The zero-order valence-electron chi connectivity index (χ0n) is 6.10. The highest BCUT2D eigenvalue weighted by Crippen LogP contribution is 2.22. The average Bonchev–Trinajstić information content (AvgIpc) is 1.94. The Bertz CT molecular complexity index is 139. The summed E-state index contributed by atoms with van der Waals surface area (Å²) in [7, 11) is 0. The number of aliphatic hydroxyl groups is 3. The standard InChI is InChI=1S/C6H13NO4/c7-6(10)2-1-4(9)5(3-8)11-6/h4-5,8-10H,1-3,7H2/t4-,5+,6?/m0/s1. The molecule has 0 radical (unpaired) electrons. The van der Waals surface area contributed by atoms with Crippen LogP contribution in [0.3, 0.4) is 0 Å². The minimum Gasteiger partial charge on any atom is -0.394 e. The number of rotatable bonds is 1. The maximum atomic E-state index is 9.15. The van der Waals surface area contributed by atoms with Crippen LogP contribution < -0.4 is 5.73 Å². The van der Waals surface area contributed by atoms with Crippen LogP contribution in [0.5, 0.6) is 0 Å². The van der Waals surface area contributed by atoms with E-state index in [1.54, 1.807) is 0 Å². The Morgan fingerprint density at radius 3 is 2.73 bits per heavy atom. The fourth-order valence-corrected chi connectivity index (χ4v) is 1.10. The van der Waals surface area contributed by atoms with Gasteiger partial charge >= 0.3 is 0 Å². The van der Waals surface area contributed by atoms with Gasteiger partial charge in [0.15, 0.2) is 0 Å². The summed E-state index contributed by atoms with van der Waals surface area (Å²) in [5, 5.41) is 26.9. The predicted molar refractivity (Wildman–Crippen MR) is 36.3 cm³/mol. The fraction of sp³-hybridized carbons (Fsp3) is 1.00. The highest BCUT2D eigenvalue weighted by Gasteiger charge is 2.36. The lowest BCUT2D eigenvalue weighted by Gasteiger charge is -2.36. The molecule has 1 fully saturated rings. The van der Waals surface area contributed by atoms with Crippen molar-refractivity contribution >= 4 is 0 Å². The second kappa shape index (κ2) is 3.04. The van der Waals surface area contributed by atoms with Crippen molar-refractivity contribution in [3.05, 3.63) is 0 Å². The first kappa shape index (κ1) is 8.89. The minimum absolute atomic E-state index is 0.185. The van der Waals surface area contributed by atoms with Crippen LogP contribution in [0.4, 0.5) is 0 Å². The molecule has 5 heteroatoms. The van der Waals surface area contributed by atoms with Gasteiger partial charge in [0, 0.05) is 6.42 Å². The van der Waals surface area contributed by atoms with Crippen LogP contribution in [0.25, 0.3) is 0 Å². The number of aliphatic hydroxyl groups excluding tert-OH is 2. The monoisotopic (exact) mass is 163 g/mol. The van der Waals surface area contributed by atoms with Crippen LogP contribution in [-0.4, -0.2) is 40.0 Å². The first-order valence-corrected chi connectivity index (χ1v) is 3.53. The Morgan fingerprint density at radius 1 is 1.64 bits per heavy atom. The highest BCUT2D eigenvalue weighted by atomic mass is 16.7. The van der Waals surface area contributed by atoms with Gasteiger partial charge in [-0.05, 0) is 6.42 Å². The lowest BCUT2D eigenvalue weighted by atomic mass is 10.0. The maximum absolute atomic E-state index is 9.15. The summed E-state index contributed by atoms with van der Waals surface area (Å²) < 4.78 is 4.77. The molecule has 1 rings (SSSR count). The van der Waals surface area contributed by atoms with E-state index in [0.717, 1.165) is 0 Å². The Labute approximate surface area is 64.4 Å². The normalized spacial score (nSPS) is 45.8. The third kappa shape index (κ3) is 2.11. The van der Waals surface area contributed by atoms with Crippen molar-refractivity contribution in [2.75, 3.05) is 6.61 Å². The molecular formula is C6H13NO4. The van der Waals surface area contributed by atoms with Crippen molar-refractivity contribution in [2.24, 2.45) is 5.73 Å². The van der Waals surface area contributed by atoms with Crippen LogP contribution in [0.15, 0.2) is 0 Å². The molecule has 66 valence electrons. The molecule has 1 saturated heterocycles. The lowest BCUT2D eigenvalue weighted by Crippen LogP contribution is -2.54. The van der Waals surface area contributed by atoms with Crippen LogP contribution in [-0.2, 0) is 4.74 Å². The van der Waals surface area contributed by atoms with Gasteiger partial charge in [0.1, 0.15) is 6.10 Å². The fourth-order valence-electron chi connectivity index (χ4n) is 1.10. The van der Waals surface area contributed by atoms with E-state index in [9.17, 15) is 0 Å². The number of nitrogens with two attached hydrogens (primary N) is 1. The van der Waals surface area contributed by atoms with E-state index in [4.69, 9.17) is 25.8 Å². The molecule has 0 aromatic heterocycles. The highest BCUT2D eigenvalue weighted by molar-refractivity contribution is 4.78. The van der Waals surface area contributed by atoms with Crippen molar-refractivity contribution in [1.29, 1.82) is 0 Å². The molecular weight excluding hydrogens is 150 g/mol. The average molecular weight is 163 g/mol. The van der Waals surface area contributed by atoms with Crippen LogP contribution in [0.1, 0.15) is 12.8 Å². The third-order valence-corrected chi connectivity index (χ3v) is 1.76. The van der Waals surface area contributed by atoms with Crippen molar-refractivity contribution in [3.8, 4) is 0 Å². The summed E-state index contributed by atoms with van der Waals surface area (Å²) in [6.45, 7) is -0.333. The Balaban J connectivity index is 2.51. The van der Waals surface area contributed by atoms with Gasteiger partial charge in [-0.15, -0.1) is 0 Å². The largest absolute Gasteiger partial charge is 0.394 e. The van der Waals surface area contributed by atoms with E-state index >= 15 is 0 Å². The smallest absolute Gasteiger partial charge is 0.222 e. The third-order valence-electron chi connectivity index (χ3n) is 1.76. The Kier molecular flexibility index (Phi) is 2.46. The van der Waals surface area contributed by atoms with Crippen LogP contribution in [0.2, 0.25) is 0 Å². The minimum atomic E-state index is -1.69.